The number of methoxy groups -OCH3 is 1. The van der Waals surface area contributed by atoms with E-state index in [1.54, 1.807) is 24.0 Å². The van der Waals surface area contributed by atoms with Crippen molar-refractivity contribution in [3.63, 3.8) is 0 Å². The molecular formula is C23H23FN6O. The summed E-state index contributed by atoms with van der Waals surface area (Å²) in [7, 11) is 5.58. The highest BCUT2D eigenvalue weighted by Crippen LogP contribution is 2.31. The van der Waals surface area contributed by atoms with E-state index in [1.165, 1.54) is 23.4 Å². The monoisotopic (exact) mass is 418 g/mol. The molecule has 3 aromatic heterocycles. The maximum atomic E-state index is 13.8. The van der Waals surface area contributed by atoms with Gasteiger partial charge in [-0.1, -0.05) is 6.07 Å². The summed E-state index contributed by atoms with van der Waals surface area (Å²) in [5.74, 6) is 1.28. The van der Waals surface area contributed by atoms with Crippen molar-refractivity contribution >= 4 is 17.2 Å². The van der Waals surface area contributed by atoms with Gasteiger partial charge < -0.3 is 15.0 Å². The van der Waals surface area contributed by atoms with Crippen LogP contribution in [0.2, 0.25) is 0 Å². The smallest absolute Gasteiger partial charge is 0.181 e. The lowest BCUT2D eigenvalue weighted by Crippen LogP contribution is -2.21. The lowest BCUT2D eigenvalue weighted by Gasteiger charge is -2.17. The molecule has 8 heteroatoms. The molecule has 1 aliphatic carbocycles. The van der Waals surface area contributed by atoms with Crippen LogP contribution in [0.25, 0.3) is 16.9 Å². The van der Waals surface area contributed by atoms with Gasteiger partial charge in [0.1, 0.15) is 23.1 Å². The van der Waals surface area contributed by atoms with Crippen molar-refractivity contribution < 1.29 is 9.13 Å². The van der Waals surface area contributed by atoms with Crippen LogP contribution >= 0.6 is 0 Å². The van der Waals surface area contributed by atoms with E-state index in [-0.39, 0.29) is 6.04 Å². The number of nitrogens with zero attached hydrogens (tertiary/aromatic N) is 5. The number of nitrogens with one attached hydrogen (secondary N) is 1. The normalized spacial score (nSPS) is 15.2. The molecule has 31 heavy (non-hydrogen) atoms. The number of fused-ring (bicyclic) bond motifs is 2. The molecule has 0 fully saturated rings. The molecule has 7 nitrogen and oxygen atoms in total. The molecule has 158 valence electrons. The summed E-state index contributed by atoms with van der Waals surface area (Å²) in [6.07, 6.45) is 6.39. The lowest BCUT2D eigenvalue weighted by molar-refractivity contribution is 0.414. The average molecular weight is 418 g/mol. The maximum Gasteiger partial charge on any atom is 0.181 e. The molecule has 0 unspecified atom stereocenters. The van der Waals surface area contributed by atoms with Gasteiger partial charge in [-0.2, -0.15) is 9.61 Å². The number of aromatic nitrogens is 4. The molecule has 0 bridgehead atoms. The number of hydrogen-bond donors (Lipinski definition) is 1. The first-order valence-electron chi connectivity index (χ1n) is 10.1. The van der Waals surface area contributed by atoms with E-state index >= 15 is 0 Å². The molecule has 0 radical (unpaired) electrons. The van der Waals surface area contributed by atoms with E-state index < -0.39 is 5.82 Å². The number of rotatable bonds is 5. The molecule has 0 saturated heterocycles. The predicted octanol–water partition coefficient (Wildman–Crippen LogP) is 3.58. The second kappa shape index (κ2) is 7.54. The van der Waals surface area contributed by atoms with Gasteiger partial charge in [0.25, 0.3) is 0 Å². The number of halogens is 1. The first-order chi connectivity index (χ1) is 15.0. The third-order valence-electron chi connectivity index (χ3n) is 5.63. The molecule has 5 rings (SSSR count). The van der Waals surface area contributed by atoms with Crippen molar-refractivity contribution in [1.29, 1.82) is 0 Å². The second-order valence-corrected chi connectivity index (χ2v) is 7.96. The Kier molecular flexibility index (Phi) is 4.69. The fourth-order valence-corrected chi connectivity index (χ4v) is 4.10. The van der Waals surface area contributed by atoms with Crippen molar-refractivity contribution in [2.45, 2.75) is 18.9 Å². The molecule has 3 heterocycles. The van der Waals surface area contributed by atoms with Crippen molar-refractivity contribution in [2.75, 3.05) is 31.4 Å². The summed E-state index contributed by atoms with van der Waals surface area (Å²) in [5, 5.41) is 8.18. The summed E-state index contributed by atoms with van der Waals surface area (Å²) in [4.78, 5) is 10.7. The third-order valence-corrected chi connectivity index (χ3v) is 5.63. The largest absolute Gasteiger partial charge is 0.497 e. The minimum Gasteiger partial charge on any atom is -0.497 e. The molecule has 4 aromatic rings. The van der Waals surface area contributed by atoms with Crippen LogP contribution < -0.4 is 15.0 Å². The predicted molar refractivity (Wildman–Crippen MR) is 118 cm³/mol. The number of ether oxygens (including phenoxy) is 1. The number of hydrogen-bond acceptors (Lipinski definition) is 6. The summed E-state index contributed by atoms with van der Waals surface area (Å²) in [6, 6.07) is 9.77. The zero-order valence-corrected chi connectivity index (χ0v) is 17.6. The SMILES string of the molecule is COc1ccc2c(c1)C[C@H](Nc1cc(-c3cncc(F)c3)nc3c(N(C)C)cnn13)C2. The lowest BCUT2D eigenvalue weighted by atomic mass is 10.1. The first-order valence-corrected chi connectivity index (χ1v) is 10.1. The van der Waals surface area contributed by atoms with Crippen LogP contribution in [0.3, 0.4) is 0 Å². The Morgan fingerprint density at radius 2 is 1.94 bits per heavy atom. The molecule has 0 spiro atoms. The summed E-state index contributed by atoms with van der Waals surface area (Å²) in [6.45, 7) is 0. The van der Waals surface area contributed by atoms with Crippen LogP contribution in [0, 0.1) is 5.82 Å². The Balaban J connectivity index is 1.54. The zero-order valence-electron chi connectivity index (χ0n) is 17.6. The highest BCUT2D eigenvalue weighted by molar-refractivity contribution is 5.74. The van der Waals surface area contributed by atoms with Gasteiger partial charge in [-0.15, -0.1) is 0 Å². The highest BCUT2D eigenvalue weighted by atomic mass is 19.1. The highest BCUT2D eigenvalue weighted by Gasteiger charge is 2.24. The van der Waals surface area contributed by atoms with Crippen molar-refractivity contribution in [1.82, 2.24) is 19.6 Å². The van der Waals surface area contributed by atoms with E-state index in [0.717, 1.165) is 30.1 Å². The van der Waals surface area contributed by atoms with Gasteiger partial charge in [0.15, 0.2) is 5.65 Å². The van der Waals surface area contributed by atoms with Crippen LogP contribution in [0.15, 0.2) is 48.9 Å². The molecule has 1 aromatic carbocycles. The Morgan fingerprint density at radius 3 is 2.71 bits per heavy atom. The van der Waals surface area contributed by atoms with Gasteiger partial charge in [0.2, 0.25) is 0 Å². The zero-order chi connectivity index (χ0) is 21.5. The van der Waals surface area contributed by atoms with Crippen LogP contribution in [0.4, 0.5) is 15.9 Å². The molecule has 1 atom stereocenters. The number of pyridine rings is 1. The fourth-order valence-electron chi connectivity index (χ4n) is 4.10. The minimum absolute atomic E-state index is 0.207. The maximum absolute atomic E-state index is 13.8. The van der Waals surface area contributed by atoms with E-state index in [2.05, 4.69) is 27.5 Å². The summed E-state index contributed by atoms with van der Waals surface area (Å²) < 4.78 is 21.0. The van der Waals surface area contributed by atoms with Crippen molar-refractivity contribution in [3.05, 3.63) is 65.9 Å². The van der Waals surface area contributed by atoms with E-state index in [9.17, 15) is 4.39 Å². The van der Waals surface area contributed by atoms with Gasteiger partial charge >= 0.3 is 0 Å². The Morgan fingerprint density at radius 1 is 1.10 bits per heavy atom. The van der Waals surface area contributed by atoms with E-state index in [0.29, 0.717) is 16.9 Å². The first kappa shape index (κ1) is 19.3. The number of anilines is 2. The third kappa shape index (κ3) is 3.54. The molecule has 0 aliphatic heterocycles. The average Bonchev–Trinajstić information content (AvgIpc) is 3.36. The quantitative estimate of drug-likeness (QED) is 0.534. The second-order valence-electron chi connectivity index (χ2n) is 7.96. The minimum atomic E-state index is -0.393. The fraction of sp³-hybridized carbons (Fsp3) is 0.261. The molecule has 1 aliphatic rings. The Hall–Kier alpha value is -3.68. The molecule has 1 N–H and O–H groups in total. The van der Waals surface area contributed by atoms with Gasteiger partial charge in [0.05, 0.1) is 25.2 Å². The van der Waals surface area contributed by atoms with Crippen LogP contribution in [0.5, 0.6) is 5.75 Å². The van der Waals surface area contributed by atoms with Crippen LogP contribution in [-0.2, 0) is 12.8 Å². The summed E-state index contributed by atoms with van der Waals surface area (Å²) >= 11 is 0. The van der Waals surface area contributed by atoms with Gasteiger partial charge in [-0.3, -0.25) is 4.98 Å². The van der Waals surface area contributed by atoms with E-state index in [4.69, 9.17) is 9.72 Å². The van der Waals surface area contributed by atoms with Gasteiger partial charge in [-0.05, 0) is 42.2 Å². The van der Waals surface area contributed by atoms with Crippen molar-refractivity contribution in [3.8, 4) is 17.0 Å². The van der Waals surface area contributed by atoms with Crippen LogP contribution in [0.1, 0.15) is 11.1 Å². The molecule has 0 amide bonds. The van der Waals surface area contributed by atoms with Crippen LogP contribution in [-0.4, -0.2) is 46.8 Å². The Bertz CT molecular complexity index is 1270. The van der Waals surface area contributed by atoms with Crippen molar-refractivity contribution in [2.24, 2.45) is 0 Å². The van der Waals surface area contributed by atoms with E-state index in [1.807, 2.05) is 31.1 Å². The summed E-state index contributed by atoms with van der Waals surface area (Å²) in [5.41, 5.74) is 5.44. The molecule has 0 saturated carbocycles. The molecular weight excluding hydrogens is 395 g/mol. The van der Waals surface area contributed by atoms with Gasteiger partial charge in [-0.25, -0.2) is 9.37 Å². The standard InChI is InChI=1S/C23H23FN6O/c1-29(2)21-13-26-30-22(10-20(28-23(21)30)16-6-17(24)12-25-11-16)27-18-7-14-4-5-19(31-3)9-15(14)8-18/h4-6,9-13,18,27H,7-8H2,1-3H3/t18-/m1/s1. The Labute approximate surface area is 179 Å². The number of benzene rings is 1. The topological polar surface area (TPSA) is 67.6 Å². The van der Waals surface area contributed by atoms with Gasteiger partial charge in [0, 0.05) is 38.0 Å².